The van der Waals surface area contributed by atoms with E-state index in [9.17, 15) is 4.79 Å². The van der Waals surface area contributed by atoms with Gasteiger partial charge in [0.15, 0.2) is 23.3 Å². The molecule has 3 atom stereocenters. The molecule has 2 aromatic carbocycles. The van der Waals surface area contributed by atoms with Gasteiger partial charge in [-0.3, -0.25) is 4.79 Å². The lowest BCUT2D eigenvalue weighted by atomic mass is 9.66. The maximum Gasteiger partial charge on any atom is 0.180 e. The zero-order valence-corrected chi connectivity index (χ0v) is 18.7. The molecule has 5 nitrogen and oxygen atoms in total. The van der Waals surface area contributed by atoms with Gasteiger partial charge < -0.3 is 18.9 Å². The zero-order chi connectivity index (χ0) is 22.0. The highest BCUT2D eigenvalue weighted by molar-refractivity contribution is 5.95. The number of ketones is 1. The highest BCUT2D eigenvalue weighted by Gasteiger charge is 2.74. The summed E-state index contributed by atoms with van der Waals surface area (Å²) in [5.74, 6) is 0.716. The van der Waals surface area contributed by atoms with Crippen LogP contribution >= 0.6 is 0 Å². The number of hydrogen-bond donors (Lipinski definition) is 0. The molecule has 162 valence electrons. The van der Waals surface area contributed by atoms with Crippen LogP contribution in [0.15, 0.2) is 48.0 Å². The number of carbonyl (C=O) groups excluding carboxylic acids is 1. The molecule has 0 radical (unpaired) electrons. The predicted octanol–water partition coefficient (Wildman–Crippen LogP) is 4.67. The smallest absolute Gasteiger partial charge is 0.180 e. The van der Waals surface area contributed by atoms with Crippen LogP contribution in [0, 0.1) is 5.41 Å². The predicted molar refractivity (Wildman–Crippen MR) is 117 cm³/mol. The Morgan fingerprint density at radius 1 is 0.968 bits per heavy atom. The first-order chi connectivity index (χ1) is 14.7. The van der Waals surface area contributed by atoms with Crippen LogP contribution in [0.4, 0.5) is 0 Å². The lowest BCUT2D eigenvalue weighted by Gasteiger charge is -2.47. The normalized spacial score (nSPS) is 31.8. The molecule has 5 heteroatoms. The van der Waals surface area contributed by atoms with Gasteiger partial charge in [0, 0.05) is 0 Å². The van der Waals surface area contributed by atoms with Gasteiger partial charge >= 0.3 is 0 Å². The Bertz CT molecular complexity index is 1080. The third-order valence-electron chi connectivity index (χ3n) is 7.37. The molecule has 0 amide bonds. The SMILES string of the molecule is COc1ccc(/C=C2\CCc3cc(OC)ccc3[C@]23O[C@]2(C)O[C@H]3C(=O)C2(C)C)cc1. The Labute approximate surface area is 183 Å². The van der Waals surface area contributed by atoms with E-state index in [4.69, 9.17) is 18.9 Å². The topological polar surface area (TPSA) is 54.0 Å². The van der Waals surface area contributed by atoms with Crippen LogP contribution in [0.1, 0.15) is 43.9 Å². The molecular weight excluding hydrogens is 392 g/mol. The molecular formula is C26H28O5. The second-order valence-electron chi connectivity index (χ2n) is 9.24. The van der Waals surface area contributed by atoms with Crippen LogP contribution in [0.3, 0.4) is 0 Å². The molecule has 1 spiro atoms. The van der Waals surface area contributed by atoms with Crippen LogP contribution in [0.5, 0.6) is 11.5 Å². The van der Waals surface area contributed by atoms with Crippen molar-refractivity contribution in [1.29, 1.82) is 0 Å². The lowest BCUT2D eigenvalue weighted by Crippen LogP contribution is -2.56. The summed E-state index contributed by atoms with van der Waals surface area (Å²) >= 11 is 0. The summed E-state index contributed by atoms with van der Waals surface area (Å²) in [7, 11) is 3.32. The van der Waals surface area contributed by atoms with E-state index in [-0.39, 0.29) is 5.78 Å². The molecule has 0 N–H and O–H groups in total. The number of methoxy groups -OCH3 is 2. The fraction of sp³-hybridized carbons (Fsp3) is 0.423. The van der Waals surface area contributed by atoms with Crippen molar-refractivity contribution < 1.29 is 23.7 Å². The van der Waals surface area contributed by atoms with Gasteiger partial charge in [0.2, 0.25) is 0 Å². The van der Waals surface area contributed by atoms with Gasteiger partial charge in [0.05, 0.1) is 19.6 Å². The van der Waals surface area contributed by atoms with Gasteiger partial charge in [-0.25, -0.2) is 0 Å². The number of aryl methyl sites for hydroxylation is 1. The number of hydrogen-bond acceptors (Lipinski definition) is 5. The van der Waals surface area contributed by atoms with E-state index < -0.39 is 22.9 Å². The number of benzene rings is 2. The number of rotatable bonds is 3. The van der Waals surface area contributed by atoms with E-state index >= 15 is 0 Å². The summed E-state index contributed by atoms with van der Waals surface area (Å²) in [6.45, 7) is 5.71. The van der Waals surface area contributed by atoms with Crippen molar-refractivity contribution in [3.8, 4) is 11.5 Å². The Balaban J connectivity index is 1.69. The quantitative estimate of drug-likeness (QED) is 0.722. The minimum atomic E-state index is -0.984. The summed E-state index contributed by atoms with van der Waals surface area (Å²) in [5.41, 5.74) is 2.59. The first-order valence-electron chi connectivity index (χ1n) is 10.7. The molecule has 3 aliphatic rings. The molecule has 1 aliphatic carbocycles. The second kappa shape index (κ2) is 6.68. The van der Waals surface area contributed by atoms with E-state index in [2.05, 4.69) is 12.1 Å². The molecule has 2 saturated heterocycles. The molecule has 2 bridgehead atoms. The van der Waals surface area contributed by atoms with Gasteiger partial charge in [0.25, 0.3) is 0 Å². The molecule has 2 fully saturated rings. The average molecular weight is 421 g/mol. The van der Waals surface area contributed by atoms with Gasteiger partial charge in [-0.15, -0.1) is 0 Å². The van der Waals surface area contributed by atoms with Crippen LogP contribution in [0.25, 0.3) is 6.08 Å². The van der Waals surface area contributed by atoms with Crippen LogP contribution in [-0.2, 0) is 26.3 Å². The minimum Gasteiger partial charge on any atom is -0.497 e. The Kier molecular flexibility index (Phi) is 4.37. The van der Waals surface area contributed by atoms with Crippen molar-refractivity contribution >= 4 is 11.9 Å². The Hall–Kier alpha value is -2.63. The maximum atomic E-state index is 13.5. The van der Waals surface area contributed by atoms with Crippen molar-refractivity contribution in [3.05, 3.63) is 64.7 Å². The summed E-state index contributed by atoms with van der Waals surface area (Å²) in [5, 5.41) is 0. The van der Waals surface area contributed by atoms with Crippen LogP contribution < -0.4 is 9.47 Å². The number of fused-ring (bicyclic) bond motifs is 5. The van der Waals surface area contributed by atoms with Crippen molar-refractivity contribution in [2.24, 2.45) is 5.41 Å². The van der Waals surface area contributed by atoms with Crippen molar-refractivity contribution in [1.82, 2.24) is 0 Å². The highest BCUT2D eigenvalue weighted by Crippen LogP contribution is 2.63. The van der Waals surface area contributed by atoms with Crippen molar-refractivity contribution in [2.45, 2.75) is 51.1 Å². The zero-order valence-electron chi connectivity index (χ0n) is 18.7. The van der Waals surface area contributed by atoms with Crippen molar-refractivity contribution in [2.75, 3.05) is 14.2 Å². The molecule has 31 heavy (non-hydrogen) atoms. The molecule has 0 unspecified atom stereocenters. The van der Waals surface area contributed by atoms with Gasteiger partial charge in [0.1, 0.15) is 11.5 Å². The fourth-order valence-corrected chi connectivity index (χ4v) is 5.16. The molecule has 5 rings (SSSR count). The van der Waals surface area contributed by atoms with E-state index in [1.54, 1.807) is 14.2 Å². The Morgan fingerprint density at radius 3 is 2.26 bits per heavy atom. The molecule has 0 aromatic heterocycles. The van der Waals surface area contributed by atoms with Gasteiger partial charge in [-0.05, 0) is 80.1 Å². The van der Waals surface area contributed by atoms with E-state index in [0.29, 0.717) is 0 Å². The van der Waals surface area contributed by atoms with Crippen molar-refractivity contribution in [3.63, 3.8) is 0 Å². The largest absolute Gasteiger partial charge is 0.497 e. The van der Waals surface area contributed by atoms with E-state index in [1.165, 1.54) is 0 Å². The number of Topliss-reactive ketones (excluding diaryl/α,β-unsaturated/α-hetero) is 1. The maximum absolute atomic E-state index is 13.5. The molecule has 2 aliphatic heterocycles. The highest BCUT2D eigenvalue weighted by atomic mass is 16.8. The third kappa shape index (κ3) is 2.66. The Morgan fingerprint density at radius 2 is 1.65 bits per heavy atom. The standard InChI is InChI=1S/C26H28O5/c1-24(2)22(27)23-26(31-25(24,3)30-23)18(14-16-6-10-19(28-4)11-7-16)9-8-17-15-20(29-5)12-13-21(17)26/h6-7,10-15,23H,8-9H2,1-5H3/b18-14+/t23-,25-,26+/m0/s1. The van der Waals surface area contributed by atoms with Gasteiger partial charge in [-0.2, -0.15) is 0 Å². The molecule has 2 heterocycles. The summed E-state index contributed by atoms with van der Waals surface area (Å²) in [4.78, 5) is 13.5. The lowest BCUT2D eigenvalue weighted by molar-refractivity contribution is -0.218. The number of carbonyl (C=O) groups is 1. The van der Waals surface area contributed by atoms with Crippen LogP contribution in [0.2, 0.25) is 0 Å². The summed E-state index contributed by atoms with van der Waals surface area (Å²) < 4.78 is 23.9. The second-order valence-corrected chi connectivity index (χ2v) is 9.24. The molecule has 0 saturated carbocycles. The van der Waals surface area contributed by atoms with Gasteiger partial charge in [-0.1, -0.05) is 24.3 Å². The van der Waals surface area contributed by atoms with Crippen LogP contribution in [-0.4, -0.2) is 31.9 Å². The number of ether oxygens (including phenoxy) is 4. The van der Waals surface area contributed by atoms with E-state index in [0.717, 1.165) is 46.6 Å². The third-order valence-corrected chi connectivity index (χ3v) is 7.37. The first-order valence-corrected chi connectivity index (χ1v) is 10.7. The molecule has 2 aromatic rings. The average Bonchev–Trinajstić information content (AvgIpc) is 3.18. The fourth-order valence-electron chi connectivity index (χ4n) is 5.16. The monoisotopic (exact) mass is 420 g/mol. The first kappa shape index (κ1) is 20.3. The minimum absolute atomic E-state index is 0.0885. The van der Waals surface area contributed by atoms with E-state index in [1.807, 2.05) is 57.2 Å². The summed E-state index contributed by atoms with van der Waals surface area (Å²) in [6.07, 6.45) is 3.08. The summed E-state index contributed by atoms with van der Waals surface area (Å²) in [6, 6.07) is 13.9.